The van der Waals surface area contributed by atoms with E-state index in [4.69, 9.17) is 32.8 Å². The van der Waals surface area contributed by atoms with Gasteiger partial charge < -0.3 is 25.7 Å². The first-order valence-corrected chi connectivity index (χ1v) is 23.0. The molecule has 2 aliphatic heterocycles. The van der Waals surface area contributed by atoms with Crippen molar-refractivity contribution in [2.45, 2.75) is 53.2 Å². The Bertz CT molecular complexity index is 2430. The fraction of sp³-hybridized carbons (Fsp3) is 0.282. The Labute approximate surface area is 358 Å². The molecule has 0 aromatic heterocycles. The topological polar surface area (TPSA) is 218 Å². The minimum absolute atomic E-state index is 0.0155. The van der Waals surface area contributed by atoms with Gasteiger partial charge in [0.05, 0.1) is 19.5 Å². The average molecular weight is 960 g/mol. The fourth-order valence-corrected chi connectivity index (χ4v) is 7.95. The third kappa shape index (κ3) is 12.6. The lowest BCUT2D eigenvalue weighted by atomic mass is 9.92. The maximum absolute atomic E-state index is 13.4. The van der Waals surface area contributed by atoms with Gasteiger partial charge in [-0.2, -0.15) is 0 Å². The van der Waals surface area contributed by atoms with Crippen LogP contribution in [0.3, 0.4) is 0 Å². The maximum atomic E-state index is 13.4. The molecule has 0 spiro atoms. The van der Waals surface area contributed by atoms with Gasteiger partial charge >= 0.3 is 0 Å². The number of halogens is 5. The highest BCUT2D eigenvalue weighted by Crippen LogP contribution is 2.31. The molecule has 59 heavy (non-hydrogen) atoms. The molecule has 6 rings (SSSR count). The molecule has 2 aliphatic rings. The summed E-state index contributed by atoms with van der Waals surface area (Å²) in [6, 6.07) is 20.8. The lowest BCUT2D eigenvalue weighted by Crippen LogP contribution is -2.51. The van der Waals surface area contributed by atoms with Gasteiger partial charge in [-0.05, 0) is 102 Å². The molecule has 0 aliphatic carbocycles. The van der Waals surface area contributed by atoms with Gasteiger partial charge in [-0.3, -0.25) is 19.2 Å². The van der Waals surface area contributed by atoms with Crippen LogP contribution in [0.2, 0.25) is 10.0 Å². The van der Waals surface area contributed by atoms with E-state index in [9.17, 15) is 46.6 Å². The van der Waals surface area contributed by atoms with Gasteiger partial charge in [-0.25, -0.2) is 26.8 Å². The van der Waals surface area contributed by atoms with Crippen molar-refractivity contribution in [1.82, 2.24) is 10.6 Å². The molecular formula is C39H40BrCl2F2N5O8S2. The molecule has 2 saturated heterocycles. The summed E-state index contributed by atoms with van der Waals surface area (Å²) in [6.45, 7) is 0.370. The van der Waals surface area contributed by atoms with Crippen molar-refractivity contribution in [3.8, 4) is 0 Å². The highest BCUT2D eigenvalue weighted by molar-refractivity contribution is 9.10. The molecule has 0 radical (unpaired) electrons. The number of nitrogens with zero attached hydrogens (tertiary/aromatic N) is 1. The first-order valence-electron chi connectivity index (χ1n) is 17.5. The highest BCUT2D eigenvalue weighted by atomic mass is 79.9. The number of anilines is 1. The number of hydrogen-bond donors (Lipinski definition) is 6. The standard InChI is InChI=1S/C20H20ClFN2O4S.C12H12ClFN2O3.C7H8BrNOS/c1-29(23,28)17-5-3-16(4-6-17)24-9-8-20(27,19(24)26)18(25)7-2-13-10-14(21)12-15(22)11-13;13-8-3-7(4-9(14)5-8)6-16-11(18)12(19)1-2-15-10(12)17;1-11(9,10)7-4-2-6(8)3-5-7/h3-6,10-12,23,27H,2,7-9H2,1H3;3-5,19H,1-2,6H2,(H,15,17)(H,16,18);2-5,9H,1H3. The number of nitrogens with one attached hydrogen (secondary N) is 4. The summed E-state index contributed by atoms with van der Waals surface area (Å²) in [5.41, 5.74) is -2.78. The first-order chi connectivity index (χ1) is 27.4. The second-order valence-corrected chi connectivity index (χ2v) is 19.8. The Morgan fingerprint density at radius 3 is 1.83 bits per heavy atom. The van der Waals surface area contributed by atoms with E-state index in [0.717, 1.165) is 16.6 Å². The van der Waals surface area contributed by atoms with Crippen LogP contribution in [-0.4, -0.2) is 78.9 Å². The smallest absolute Gasteiger partial charge is 0.266 e. The quantitative estimate of drug-likeness (QED) is 0.103. The van der Waals surface area contributed by atoms with Crippen LogP contribution in [0, 0.1) is 21.2 Å². The van der Waals surface area contributed by atoms with Gasteiger partial charge in [0.15, 0.2) is 5.78 Å². The van der Waals surface area contributed by atoms with Crippen molar-refractivity contribution in [2.24, 2.45) is 0 Å². The van der Waals surface area contributed by atoms with Crippen molar-refractivity contribution >= 4 is 87.8 Å². The number of aryl methyl sites for hydroxylation is 1. The van der Waals surface area contributed by atoms with Crippen LogP contribution in [-0.2, 0) is 51.6 Å². The lowest BCUT2D eigenvalue weighted by molar-refractivity contribution is -0.150. The van der Waals surface area contributed by atoms with Crippen LogP contribution in [0.15, 0.2) is 99.2 Å². The summed E-state index contributed by atoms with van der Waals surface area (Å²) in [4.78, 5) is 50.7. The molecule has 6 N–H and O–H groups in total. The summed E-state index contributed by atoms with van der Waals surface area (Å²) < 4.78 is 65.2. The predicted octanol–water partition coefficient (Wildman–Crippen LogP) is 6.02. The monoisotopic (exact) mass is 957 g/mol. The van der Waals surface area contributed by atoms with E-state index < -0.39 is 65.8 Å². The third-order valence-corrected chi connectivity index (χ3v) is 12.4. The van der Waals surface area contributed by atoms with Crippen molar-refractivity contribution in [3.05, 3.63) is 122 Å². The summed E-state index contributed by atoms with van der Waals surface area (Å²) >= 11 is 14.7. The van der Waals surface area contributed by atoms with E-state index >= 15 is 0 Å². The van der Waals surface area contributed by atoms with Crippen LogP contribution >= 0.6 is 39.1 Å². The Hall–Kier alpha value is -4.30. The molecule has 4 aromatic carbocycles. The zero-order valence-electron chi connectivity index (χ0n) is 31.5. The largest absolute Gasteiger partial charge is 0.373 e. The second kappa shape index (κ2) is 19.4. The molecular weight excluding hydrogens is 919 g/mol. The van der Waals surface area contributed by atoms with E-state index in [-0.39, 0.29) is 55.4 Å². The van der Waals surface area contributed by atoms with Crippen LogP contribution in [0.25, 0.3) is 0 Å². The number of amides is 3. The summed E-state index contributed by atoms with van der Waals surface area (Å²) in [5.74, 6) is -3.92. The predicted molar refractivity (Wildman–Crippen MR) is 223 cm³/mol. The number of rotatable bonds is 10. The number of Topliss-reactive ketones (excluding diaryl/α,β-unsaturated/α-hetero) is 1. The Morgan fingerprint density at radius 1 is 0.831 bits per heavy atom. The summed E-state index contributed by atoms with van der Waals surface area (Å²) in [7, 11) is -5.42. The van der Waals surface area contributed by atoms with Crippen LogP contribution < -0.4 is 15.5 Å². The first kappa shape index (κ1) is 47.4. The molecule has 4 unspecified atom stereocenters. The Morgan fingerprint density at radius 2 is 1.34 bits per heavy atom. The van der Waals surface area contributed by atoms with E-state index in [1.807, 2.05) is 0 Å². The number of carbonyl (C=O) groups excluding carboxylic acids is 4. The van der Waals surface area contributed by atoms with Gasteiger partial charge in [0.2, 0.25) is 11.2 Å². The number of aliphatic hydroxyl groups is 2. The zero-order valence-corrected chi connectivity index (χ0v) is 36.3. The summed E-state index contributed by atoms with van der Waals surface area (Å²) in [5, 5.41) is 25.8. The molecule has 0 bridgehead atoms. The second-order valence-electron chi connectivity index (χ2n) is 13.7. The molecule has 4 atom stereocenters. The molecule has 13 nitrogen and oxygen atoms in total. The lowest BCUT2D eigenvalue weighted by Gasteiger charge is -2.21. The van der Waals surface area contributed by atoms with E-state index in [2.05, 4.69) is 26.6 Å². The molecule has 4 aromatic rings. The molecule has 316 valence electrons. The minimum Gasteiger partial charge on any atom is -0.373 e. The van der Waals surface area contributed by atoms with Gasteiger partial charge in [-0.1, -0.05) is 39.1 Å². The molecule has 3 amide bonds. The van der Waals surface area contributed by atoms with E-state index in [1.54, 1.807) is 24.3 Å². The normalized spacial score (nSPS) is 20.5. The minimum atomic E-state index is -2.88. The SMILES string of the molecule is CS(=N)(=O)c1ccc(Br)cc1.CS(=N)(=O)c1ccc(N2CCC(O)(C(=O)CCc3cc(F)cc(Cl)c3)C2=O)cc1.O=C1NCCC1(O)C(=O)NCc1cc(F)cc(Cl)c1. The molecule has 2 heterocycles. The van der Waals surface area contributed by atoms with Gasteiger partial charge in [-0.15, -0.1) is 0 Å². The number of carbonyl (C=O) groups is 4. The number of ketones is 1. The highest BCUT2D eigenvalue weighted by Gasteiger charge is 2.51. The average Bonchev–Trinajstić information content (AvgIpc) is 3.66. The number of hydrogen-bond acceptors (Lipinski definition) is 10. The third-order valence-electron chi connectivity index (χ3n) is 9.08. The van der Waals surface area contributed by atoms with Gasteiger partial charge in [0, 0.05) is 81.4 Å². The Balaban J connectivity index is 0.000000219. The maximum Gasteiger partial charge on any atom is 0.266 e. The Kier molecular flexibility index (Phi) is 15.6. The molecule has 2 fully saturated rings. The van der Waals surface area contributed by atoms with E-state index in [1.165, 1.54) is 65.9 Å². The molecule has 20 heteroatoms. The molecule has 0 saturated carbocycles. The van der Waals surface area contributed by atoms with Crippen molar-refractivity contribution in [1.29, 1.82) is 9.56 Å². The zero-order chi connectivity index (χ0) is 43.9. The van der Waals surface area contributed by atoms with Crippen molar-refractivity contribution in [2.75, 3.05) is 30.5 Å². The number of benzene rings is 4. The van der Waals surface area contributed by atoms with E-state index in [0.29, 0.717) is 26.6 Å². The van der Waals surface area contributed by atoms with Crippen LogP contribution in [0.1, 0.15) is 30.4 Å². The van der Waals surface area contributed by atoms with Crippen molar-refractivity contribution < 1.29 is 46.6 Å². The summed E-state index contributed by atoms with van der Waals surface area (Å²) in [6.07, 6.45) is 2.68. The van der Waals surface area contributed by atoms with Gasteiger partial charge in [0.1, 0.15) is 11.6 Å². The van der Waals surface area contributed by atoms with Crippen LogP contribution in [0.5, 0.6) is 0 Å². The van der Waals surface area contributed by atoms with Gasteiger partial charge in [0.25, 0.3) is 17.7 Å². The van der Waals surface area contributed by atoms with Crippen LogP contribution in [0.4, 0.5) is 14.5 Å². The fourth-order valence-electron chi connectivity index (χ4n) is 5.89. The van der Waals surface area contributed by atoms with Crippen molar-refractivity contribution in [3.63, 3.8) is 0 Å².